The number of hydrogen-bond donors (Lipinski definition) is 1. The first-order valence-corrected chi connectivity index (χ1v) is 13.9. The van der Waals surface area contributed by atoms with Crippen LogP contribution in [0.2, 0.25) is 0 Å². The molecule has 7 rings (SSSR count). The lowest BCUT2D eigenvalue weighted by Gasteiger charge is -2.40. The first-order chi connectivity index (χ1) is 19.9. The minimum absolute atomic E-state index is 0.00407. The number of pyridine rings is 1. The number of ether oxygens (including phenoxy) is 2. The van der Waals surface area contributed by atoms with Gasteiger partial charge in [-0.3, -0.25) is 19.4 Å². The van der Waals surface area contributed by atoms with E-state index in [0.29, 0.717) is 68.8 Å². The molecular formula is C30H33N5O6. The highest BCUT2D eigenvalue weighted by Gasteiger charge is 2.53. The Morgan fingerprint density at radius 1 is 1.12 bits per heavy atom. The number of amides is 3. The molecule has 11 nitrogen and oxygen atoms in total. The van der Waals surface area contributed by atoms with E-state index in [1.165, 1.54) is 4.90 Å². The van der Waals surface area contributed by atoms with Gasteiger partial charge in [-0.2, -0.15) is 0 Å². The van der Waals surface area contributed by atoms with Crippen LogP contribution in [-0.4, -0.2) is 83.6 Å². The summed E-state index contributed by atoms with van der Waals surface area (Å²) in [5, 5.41) is 6.92. The molecule has 2 atom stereocenters. The highest BCUT2D eigenvalue weighted by Crippen LogP contribution is 2.52. The second-order valence-electron chi connectivity index (χ2n) is 11.1. The SMILES string of the molecule is Cc1cc(CC(=O)N2CCCOc3cccc4c3OC[C@@]3(CNC(=O)C2)CN(C(=O)Cc2cccnc2)C[C@@H]43)on1. The monoisotopic (exact) mass is 559 g/mol. The first kappa shape index (κ1) is 26.8. The van der Waals surface area contributed by atoms with Gasteiger partial charge in [0.2, 0.25) is 17.7 Å². The highest BCUT2D eigenvalue weighted by atomic mass is 16.5. The molecule has 3 aromatic rings. The standard InChI is InChI=1S/C30H33N5O6/c1-20-11-22(41-33-20)13-28(38)34-9-4-10-39-25-7-2-6-23-24-15-35(27(37)12-21-5-3-8-31-14-21)18-30(24,19-40-29(23)25)17-32-26(36)16-34/h2-3,5-8,11,14,24H,4,9-10,12-13,15-19H2,1H3,(H,32,36)/t24-,30+/m0/s1. The molecular weight excluding hydrogens is 526 g/mol. The summed E-state index contributed by atoms with van der Waals surface area (Å²) in [5.74, 6) is 1.26. The summed E-state index contributed by atoms with van der Waals surface area (Å²) in [6.45, 7) is 3.98. The van der Waals surface area contributed by atoms with Crippen LogP contribution in [-0.2, 0) is 27.2 Å². The van der Waals surface area contributed by atoms with E-state index in [4.69, 9.17) is 14.0 Å². The summed E-state index contributed by atoms with van der Waals surface area (Å²) in [5.41, 5.74) is 2.00. The Kier molecular flexibility index (Phi) is 7.34. The van der Waals surface area contributed by atoms with Gasteiger partial charge >= 0.3 is 0 Å². The molecule has 4 aliphatic rings. The maximum absolute atomic E-state index is 13.4. The number of carbonyl (C=O) groups is 3. The van der Waals surface area contributed by atoms with Crippen molar-refractivity contribution in [1.82, 2.24) is 25.3 Å². The Labute approximate surface area is 237 Å². The van der Waals surface area contributed by atoms with Gasteiger partial charge in [0.05, 0.1) is 38.3 Å². The van der Waals surface area contributed by atoms with Crippen molar-refractivity contribution in [1.29, 1.82) is 0 Å². The van der Waals surface area contributed by atoms with Gasteiger partial charge in [0.15, 0.2) is 11.5 Å². The van der Waals surface area contributed by atoms with Crippen molar-refractivity contribution in [2.45, 2.75) is 32.1 Å². The minimum Gasteiger partial charge on any atom is -0.490 e. The molecule has 0 radical (unpaired) electrons. The van der Waals surface area contributed by atoms with Gasteiger partial charge in [0, 0.05) is 61.5 Å². The Morgan fingerprint density at radius 3 is 2.80 bits per heavy atom. The number of nitrogens with one attached hydrogen (secondary N) is 1. The summed E-state index contributed by atoms with van der Waals surface area (Å²) >= 11 is 0. The van der Waals surface area contributed by atoms with Crippen molar-refractivity contribution in [3.63, 3.8) is 0 Å². The van der Waals surface area contributed by atoms with Crippen molar-refractivity contribution >= 4 is 17.7 Å². The number of aromatic nitrogens is 2. The van der Waals surface area contributed by atoms with E-state index < -0.39 is 5.41 Å². The van der Waals surface area contributed by atoms with Crippen molar-refractivity contribution in [2.75, 3.05) is 45.9 Å². The number of rotatable bonds is 4. The molecule has 0 aliphatic carbocycles. The average Bonchev–Trinajstić information content (AvgIpc) is 3.57. The maximum atomic E-state index is 13.4. The number of para-hydroxylation sites is 1. The van der Waals surface area contributed by atoms with Gasteiger partial charge < -0.3 is 29.1 Å². The number of nitrogens with zero attached hydrogens (tertiary/aromatic N) is 4. The van der Waals surface area contributed by atoms with E-state index >= 15 is 0 Å². The van der Waals surface area contributed by atoms with Crippen LogP contribution in [0.25, 0.3) is 0 Å². The summed E-state index contributed by atoms with van der Waals surface area (Å²) in [7, 11) is 0. The van der Waals surface area contributed by atoms with Crippen LogP contribution in [0.4, 0.5) is 0 Å². The number of hydrogen-bond acceptors (Lipinski definition) is 8. The van der Waals surface area contributed by atoms with Gasteiger partial charge in [0.25, 0.3) is 0 Å². The predicted octanol–water partition coefficient (Wildman–Crippen LogP) is 1.90. The molecule has 1 saturated heterocycles. The summed E-state index contributed by atoms with van der Waals surface area (Å²) in [4.78, 5) is 47.3. The number of fused-ring (bicyclic) bond motifs is 9. The molecule has 214 valence electrons. The van der Waals surface area contributed by atoms with E-state index in [-0.39, 0.29) is 43.0 Å². The minimum atomic E-state index is -0.526. The lowest BCUT2D eigenvalue weighted by Crippen LogP contribution is -2.50. The maximum Gasteiger partial charge on any atom is 0.239 e. The molecule has 3 amide bonds. The molecule has 6 heterocycles. The fourth-order valence-corrected chi connectivity index (χ4v) is 6.04. The van der Waals surface area contributed by atoms with E-state index in [9.17, 15) is 14.4 Å². The largest absolute Gasteiger partial charge is 0.490 e. The van der Waals surface area contributed by atoms with Crippen LogP contribution in [0.15, 0.2) is 53.3 Å². The van der Waals surface area contributed by atoms with Gasteiger partial charge in [-0.1, -0.05) is 23.4 Å². The third-order valence-corrected chi connectivity index (χ3v) is 8.12. The van der Waals surface area contributed by atoms with E-state index in [0.717, 1.165) is 11.1 Å². The van der Waals surface area contributed by atoms with Crippen molar-refractivity contribution < 1.29 is 28.4 Å². The average molecular weight is 560 g/mol. The van der Waals surface area contributed by atoms with Crippen molar-refractivity contribution in [3.05, 3.63) is 71.4 Å². The molecule has 1 fully saturated rings. The smallest absolute Gasteiger partial charge is 0.239 e. The summed E-state index contributed by atoms with van der Waals surface area (Å²) in [6.07, 6.45) is 4.20. The van der Waals surface area contributed by atoms with Crippen LogP contribution in [0.1, 0.15) is 34.9 Å². The molecule has 0 saturated carbocycles. The van der Waals surface area contributed by atoms with Gasteiger partial charge in [-0.05, 0) is 31.0 Å². The van der Waals surface area contributed by atoms with Crippen LogP contribution in [0.3, 0.4) is 0 Å². The predicted molar refractivity (Wildman–Crippen MR) is 146 cm³/mol. The molecule has 1 spiro atoms. The number of carbonyl (C=O) groups excluding carboxylic acids is 3. The second-order valence-corrected chi connectivity index (χ2v) is 11.1. The van der Waals surface area contributed by atoms with Crippen LogP contribution < -0.4 is 14.8 Å². The van der Waals surface area contributed by atoms with E-state index in [2.05, 4.69) is 15.5 Å². The fourth-order valence-electron chi connectivity index (χ4n) is 6.04. The Balaban J connectivity index is 1.24. The summed E-state index contributed by atoms with van der Waals surface area (Å²) < 4.78 is 17.7. The van der Waals surface area contributed by atoms with Gasteiger partial charge in [0.1, 0.15) is 5.76 Å². The third-order valence-electron chi connectivity index (χ3n) is 8.12. The number of aryl methyl sites for hydroxylation is 1. The Bertz CT molecular complexity index is 1440. The summed E-state index contributed by atoms with van der Waals surface area (Å²) in [6, 6.07) is 11.3. The van der Waals surface area contributed by atoms with Crippen LogP contribution >= 0.6 is 0 Å². The zero-order valence-electron chi connectivity index (χ0n) is 23.0. The molecule has 11 heteroatoms. The number of likely N-dealkylation sites (tertiary alicyclic amines) is 1. The zero-order chi connectivity index (χ0) is 28.4. The Morgan fingerprint density at radius 2 is 2.00 bits per heavy atom. The molecule has 2 aromatic heterocycles. The lowest BCUT2D eigenvalue weighted by molar-refractivity contribution is -0.136. The van der Waals surface area contributed by atoms with Crippen LogP contribution in [0, 0.1) is 12.3 Å². The Hall–Kier alpha value is -4.41. The van der Waals surface area contributed by atoms with Crippen molar-refractivity contribution in [3.8, 4) is 11.5 Å². The van der Waals surface area contributed by atoms with E-state index in [1.54, 1.807) is 25.4 Å². The van der Waals surface area contributed by atoms with Gasteiger partial charge in [-0.15, -0.1) is 0 Å². The van der Waals surface area contributed by atoms with Crippen molar-refractivity contribution in [2.24, 2.45) is 5.41 Å². The molecule has 0 unspecified atom stereocenters. The molecule has 41 heavy (non-hydrogen) atoms. The molecule has 4 bridgehead atoms. The first-order valence-electron chi connectivity index (χ1n) is 13.9. The fraction of sp³-hybridized carbons (Fsp3) is 0.433. The normalized spacial score (nSPS) is 22.3. The molecule has 1 aromatic carbocycles. The van der Waals surface area contributed by atoms with E-state index in [1.807, 2.05) is 35.2 Å². The quantitative estimate of drug-likeness (QED) is 0.514. The molecule has 1 N–H and O–H groups in total. The second kappa shape index (κ2) is 11.2. The van der Waals surface area contributed by atoms with Crippen LogP contribution in [0.5, 0.6) is 11.5 Å². The number of benzene rings is 1. The molecule has 4 aliphatic heterocycles. The third kappa shape index (κ3) is 5.61. The zero-order valence-corrected chi connectivity index (χ0v) is 23.0. The highest BCUT2D eigenvalue weighted by molar-refractivity contribution is 5.85. The topological polar surface area (TPSA) is 127 Å². The van der Waals surface area contributed by atoms with Gasteiger partial charge in [-0.25, -0.2) is 0 Å². The lowest BCUT2D eigenvalue weighted by atomic mass is 9.73.